The van der Waals surface area contributed by atoms with Crippen LogP contribution >= 0.6 is 0 Å². The van der Waals surface area contributed by atoms with Crippen LogP contribution < -0.4 is 9.80 Å². The van der Waals surface area contributed by atoms with Gasteiger partial charge in [-0.15, -0.1) is 0 Å². The quantitative estimate of drug-likeness (QED) is 0.202. The fourth-order valence-electron chi connectivity index (χ4n) is 8.24. The largest absolute Gasteiger partial charge is 0.508 e. The summed E-state index contributed by atoms with van der Waals surface area (Å²) in [5.74, 6) is 1.52. The van der Waals surface area contributed by atoms with E-state index >= 15 is 0 Å². The van der Waals surface area contributed by atoms with Gasteiger partial charge < -0.3 is 19.6 Å². The second-order valence-electron chi connectivity index (χ2n) is 15.3. The number of aryl methyl sites for hydroxylation is 1. The normalized spacial score (nSPS) is 20.6. The van der Waals surface area contributed by atoms with Crippen LogP contribution in [0.5, 0.6) is 5.75 Å². The number of esters is 1. The molecule has 256 valence electrons. The zero-order valence-corrected chi connectivity index (χ0v) is 29.4. The number of phenols is 1. The van der Waals surface area contributed by atoms with Gasteiger partial charge in [-0.1, -0.05) is 48.5 Å². The molecule has 2 atom stereocenters. The van der Waals surface area contributed by atoms with Gasteiger partial charge in [0.05, 0.1) is 5.56 Å². The molecule has 1 N–H and O–H groups in total. The predicted molar refractivity (Wildman–Crippen MR) is 199 cm³/mol. The van der Waals surface area contributed by atoms with E-state index in [1.165, 1.54) is 53.0 Å². The minimum absolute atomic E-state index is 0.264. The first-order valence-corrected chi connectivity index (χ1v) is 18.2. The van der Waals surface area contributed by atoms with Gasteiger partial charge in [0.1, 0.15) is 11.4 Å². The molecule has 0 radical (unpaired) electrons. The monoisotopic (exact) mass is 657 g/mol. The molecule has 49 heavy (non-hydrogen) atoms. The van der Waals surface area contributed by atoms with Crippen LogP contribution in [0.3, 0.4) is 0 Å². The number of hydrogen-bond acceptors (Lipinski definition) is 6. The Morgan fingerprint density at radius 3 is 2.02 bits per heavy atom. The van der Waals surface area contributed by atoms with Crippen molar-refractivity contribution in [1.82, 2.24) is 4.90 Å². The van der Waals surface area contributed by atoms with Gasteiger partial charge in [0.25, 0.3) is 0 Å². The third-order valence-electron chi connectivity index (χ3n) is 10.8. The van der Waals surface area contributed by atoms with Gasteiger partial charge in [-0.3, -0.25) is 4.90 Å². The van der Waals surface area contributed by atoms with Gasteiger partial charge in [-0.05, 0) is 129 Å². The first-order valence-electron chi connectivity index (χ1n) is 18.2. The van der Waals surface area contributed by atoms with Crippen molar-refractivity contribution >= 4 is 17.3 Å². The van der Waals surface area contributed by atoms with Crippen molar-refractivity contribution in [3.8, 4) is 5.75 Å². The average molecular weight is 658 g/mol. The fourth-order valence-corrected chi connectivity index (χ4v) is 8.24. The molecule has 2 aliphatic heterocycles. The molecule has 2 fully saturated rings. The highest BCUT2D eigenvalue weighted by Crippen LogP contribution is 2.47. The molecule has 0 bridgehead atoms. The molecule has 0 spiro atoms. The van der Waals surface area contributed by atoms with E-state index in [2.05, 4.69) is 87.5 Å². The number of carbonyl (C=O) groups is 1. The van der Waals surface area contributed by atoms with Gasteiger partial charge in [0.2, 0.25) is 0 Å². The third-order valence-corrected chi connectivity index (χ3v) is 10.8. The molecule has 0 unspecified atom stereocenters. The van der Waals surface area contributed by atoms with E-state index in [1.54, 1.807) is 0 Å². The standard InChI is InChI=1S/C43H51N3O3/c1-43(2,3)49-42(48)34-11-16-36(17-12-34)45-23-21-31(22-24-45)30-44-25-27-46(28-26-44)37-14-9-33(10-15-37)41-39(32-7-5-4-6-8-32)19-13-35-29-38(47)18-20-40(35)41/h4-12,14-18,20,29,31,39,41,47H,13,19,21-28,30H2,1-3H3/t39-,41+/m1/s1. The van der Waals surface area contributed by atoms with Crippen LogP contribution in [0.1, 0.15) is 84.5 Å². The molecule has 3 aliphatic rings. The maximum Gasteiger partial charge on any atom is 0.338 e. The van der Waals surface area contributed by atoms with Crippen molar-refractivity contribution in [3.05, 3.63) is 125 Å². The Morgan fingerprint density at radius 2 is 1.37 bits per heavy atom. The average Bonchev–Trinajstić information content (AvgIpc) is 3.11. The Hall–Kier alpha value is -4.29. The van der Waals surface area contributed by atoms with E-state index in [0.29, 0.717) is 17.2 Å². The number of piperidine rings is 1. The number of anilines is 2. The van der Waals surface area contributed by atoms with Crippen molar-refractivity contribution in [3.63, 3.8) is 0 Å². The SMILES string of the molecule is CC(C)(C)OC(=O)c1ccc(N2CCC(CN3CCN(c4ccc([C@@H]5c6ccc(O)cc6CC[C@@H]5c5ccccc5)cc4)CC3)CC2)cc1. The van der Waals surface area contributed by atoms with E-state index < -0.39 is 5.60 Å². The first kappa shape index (κ1) is 33.2. The minimum Gasteiger partial charge on any atom is -0.508 e. The number of benzene rings is 4. The molecule has 1 aliphatic carbocycles. The summed E-state index contributed by atoms with van der Waals surface area (Å²) in [6.07, 6.45) is 4.47. The second kappa shape index (κ2) is 14.3. The number of nitrogens with zero attached hydrogens (tertiary/aromatic N) is 3. The Balaban J connectivity index is 0.919. The Kier molecular flexibility index (Phi) is 9.68. The smallest absolute Gasteiger partial charge is 0.338 e. The summed E-state index contributed by atoms with van der Waals surface area (Å²) in [5.41, 5.74) is 7.99. The number of carbonyl (C=O) groups excluding carboxylic acids is 1. The van der Waals surface area contributed by atoms with Gasteiger partial charge in [-0.2, -0.15) is 0 Å². The molecule has 4 aromatic rings. The predicted octanol–water partition coefficient (Wildman–Crippen LogP) is 8.25. The Labute approximate surface area is 292 Å². The third kappa shape index (κ3) is 7.80. The van der Waals surface area contributed by atoms with Crippen molar-refractivity contribution in [2.24, 2.45) is 5.92 Å². The molecule has 2 saturated heterocycles. The zero-order chi connectivity index (χ0) is 34.0. The number of ether oxygens (including phenoxy) is 1. The highest BCUT2D eigenvalue weighted by molar-refractivity contribution is 5.90. The van der Waals surface area contributed by atoms with E-state index in [9.17, 15) is 9.90 Å². The summed E-state index contributed by atoms with van der Waals surface area (Å²) in [7, 11) is 0. The van der Waals surface area contributed by atoms with E-state index in [-0.39, 0.29) is 11.9 Å². The van der Waals surface area contributed by atoms with Crippen LogP contribution in [0.2, 0.25) is 0 Å². The number of rotatable bonds is 7. The molecule has 4 aromatic carbocycles. The number of phenolic OH excluding ortho intramolecular Hbond substituents is 1. The fraction of sp³-hybridized carbons (Fsp3) is 0.419. The summed E-state index contributed by atoms with van der Waals surface area (Å²) in [5, 5.41) is 10.2. The second-order valence-corrected chi connectivity index (χ2v) is 15.3. The summed E-state index contributed by atoms with van der Waals surface area (Å²) in [6.45, 7) is 13.3. The van der Waals surface area contributed by atoms with Gasteiger partial charge in [0, 0.05) is 63.1 Å². The molecular weight excluding hydrogens is 606 g/mol. The summed E-state index contributed by atoms with van der Waals surface area (Å²) in [4.78, 5) is 20.1. The molecule has 7 rings (SSSR count). The Bertz CT molecular complexity index is 1700. The number of hydrogen-bond donors (Lipinski definition) is 1. The topological polar surface area (TPSA) is 56.2 Å². The van der Waals surface area contributed by atoms with Crippen LogP contribution in [0.15, 0.2) is 97.1 Å². The molecule has 0 amide bonds. The number of piperazine rings is 1. The zero-order valence-electron chi connectivity index (χ0n) is 29.4. The molecule has 6 heteroatoms. The molecule has 6 nitrogen and oxygen atoms in total. The lowest BCUT2D eigenvalue weighted by Crippen LogP contribution is -2.49. The lowest BCUT2D eigenvalue weighted by molar-refractivity contribution is 0.00695. The van der Waals surface area contributed by atoms with Crippen LogP contribution in [-0.2, 0) is 11.2 Å². The molecule has 0 saturated carbocycles. The Morgan fingerprint density at radius 1 is 0.735 bits per heavy atom. The van der Waals surface area contributed by atoms with Crippen LogP contribution in [-0.4, -0.2) is 67.4 Å². The maximum atomic E-state index is 12.4. The van der Waals surface area contributed by atoms with Crippen molar-refractivity contribution in [1.29, 1.82) is 0 Å². The first-order chi connectivity index (χ1) is 23.7. The summed E-state index contributed by atoms with van der Waals surface area (Å²) >= 11 is 0. The van der Waals surface area contributed by atoms with Crippen molar-refractivity contribution in [2.45, 2.75) is 63.9 Å². The van der Waals surface area contributed by atoms with Gasteiger partial charge in [0.15, 0.2) is 0 Å². The summed E-state index contributed by atoms with van der Waals surface area (Å²) in [6, 6.07) is 34.2. The van der Waals surface area contributed by atoms with Gasteiger partial charge in [-0.25, -0.2) is 4.79 Å². The minimum atomic E-state index is -0.487. The maximum absolute atomic E-state index is 12.4. The van der Waals surface area contributed by atoms with Crippen LogP contribution in [0.25, 0.3) is 0 Å². The van der Waals surface area contributed by atoms with Crippen LogP contribution in [0.4, 0.5) is 11.4 Å². The number of aromatic hydroxyl groups is 1. The highest BCUT2D eigenvalue weighted by Gasteiger charge is 2.32. The van der Waals surface area contributed by atoms with E-state index in [1.807, 2.05) is 45.0 Å². The van der Waals surface area contributed by atoms with Crippen molar-refractivity contribution in [2.75, 3.05) is 55.6 Å². The number of fused-ring (bicyclic) bond motifs is 1. The van der Waals surface area contributed by atoms with Crippen molar-refractivity contribution < 1.29 is 14.6 Å². The molecule has 0 aromatic heterocycles. The van der Waals surface area contributed by atoms with E-state index in [0.717, 1.165) is 58.0 Å². The molecule has 2 heterocycles. The summed E-state index contributed by atoms with van der Waals surface area (Å²) < 4.78 is 5.52. The molecular formula is C43H51N3O3. The van der Waals surface area contributed by atoms with Gasteiger partial charge >= 0.3 is 5.97 Å². The van der Waals surface area contributed by atoms with E-state index in [4.69, 9.17) is 4.74 Å². The highest BCUT2D eigenvalue weighted by atomic mass is 16.6. The lowest BCUT2D eigenvalue weighted by Gasteiger charge is -2.40. The lowest BCUT2D eigenvalue weighted by atomic mass is 9.69. The van der Waals surface area contributed by atoms with Crippen LogP contribution in [0, 0.1) is 5.92 Å².